The summed E-state index contributed by atoms with van der Waals surface area (Å²) in [5.41, 5.74) is 6.49. The summed E-state index contributed by atoms with van der Waals surface area (Å²) in [7, 11) is 0. The average Bonchev–Trinajstić information content (AvgIpc) is 2.79. The largest absolute Gasteiger partial charge is 0.468 e. The van der Waals surface area contributed by atoms with Gasteiger partial charge in [-0.1, -0.05) is 53.6 Å². The molecule has 3 aromatic carbocycles. The predicted octanol–water partition coefficient (Wildman–Crippen LogP) is 5.97. The van der Waals surface area contributed by atoms with E-state index in [-0.39, 0.29) is 20.0 Å². The lowest BCUT2D eigenvalue weighted by atomic mass is 10.00. The van der Waals surface area contributed by atoms with Gasteiger partial charge in [-0.05, 0) is 75.9 Å². The third-order valence-corrected chi connectivity index (χ3v) is 5.79. The van der Waals surface area contributed by atoms with Gasteiger partial charge in [0.1, 0.15) is 12.4 Å². The van der Waals surface area contributed by atoms with E-state index in [0.717, 1.165) is 33.4 Å². The quantitative estimate of drug-likeness (QED) is 0.198. The van der Waals surface area contributed by atoms with Gasteiger partial charge in [0, 0.05) is 0 Å². The zero-order valence-corrected chi connectivity index (χ0v) is 21.8. The molecule has 6 nitrogen and oxygen atoms in total. The lowest BCUT2D eigenvalue weighted by Gasteiger charge is -2.20. The van der Waals surface area contributed by atoms with E-state index in [9.17, 15) is 9.59 Å². The van der Waals surface area contributed by atoms with E-state index in [2.05, 4.69) is 0 Å². The number of carbonyl (C=O) groups excluding carboxylic acids is 2. The number of carbonyl (C=O) groups is 2. The molecule has 1 atom stereocenters. The van der Waals surface area contributed by atoms with Crippen LogP contribution in [-0.2, 0) is 14.2 Å². The average molecular weight is 491 g/mol. The first-order valence-electron chi connectivity index (χ1n) is 11.9. The summed E-state index contributed by atoms with van der Waals surface area (Å²) in [6.45, 7) is 11.3. The third-order valence-electron chi connectivity index (χ3n) is 5.79. The zero-order valence-electron chi connectivity index (χ0n) is 21.8. The first-order chi connectivity index (χ1) is 17.2. The van der Waals surface area contributed by atoms with E-state index < -0.39 is 18.0 Å². The van der Waals surface area contributed by atoms with Crippen LogP contribution in [0.2, 0.25) is 0 Å². The number of ether oxygens (including phenoxy) is 4. The van der Waals surface area contributed by atoms with Crippen molar-refractivity contribution in [3.8, 4) is 5.75 Å². The molecule has 0 aliphatic heterocycles. The van der Waals surface area contributed by atoms with Crippen LogP contribution in [0, 0.1) is 41.5 Å². The van der Waals surface area contributed by atoms with Crippen LogP contribution in [0.15, 0.2) is 54.6 Å². The van der Waals surface area contributed by atoms with E-state index in [1.54, 1.807) is 0 Å². The van der Waals surface area contributed by atoms with Gasteiger partial charge >= 0.3 is 11.9 Å². The number of aryl methyl sites for hydroxylation is 6. The summed E-state index contributed by atoms with van der Waals surface area (Å²) in [5.74, 6) is -0.288. The molecule has 0 saturated heterocycles. The zero-order chi connectivity index (χ0) is 26.2. The smallest absolute Gasteiger partial charge is 0.339 e. The fraction of sp³-hybridized carbons (Fsp3) is 0.333. The van der Waals surface area contributed by atoms with Crippen molar-refractivity contribution in [3.05, 3.63) is 99.1 Å². The SMILES string of the molecule is Cc1cc(C)c(C(=O)OCC(COCOc2ccccc2)OC(=O)c2c(C)cc(C)cc2C)c(C)c1. The van der Waals surface area contributed by atoms with E-state index in [0.29, 0.717) is 16.9 Å². The third kappa shape index (κ3) is 7.18. The molecule has 0 bridgehead atoms. The molecule has 0 aromatic heterocycles. The maximum atomic E-state index is 13.1. The van der Waals surface area contributed by atoms with Gasteiger partial charge in [0.15, 0.2) is 12.9 Å². The summed E-state index contributed by atoms with van der Waals surface area (Å²) in [4.78, 5) is 26.0. The van der Waals surface area contributed by atoms with Crippen LogP contribution < -0.4 is 4.74 Å². The van der Waals surface area contributed by atoms with Crippen molar-refractivity contribution in [2.75, 3.05) is 20.0 Å². The second kappa shape index (κ2) is 12.4. The Balaban J connectivity index is 1.69. The second-order valence-corrected chi connectivity index (χ2v) is 9.12. The van der Waals surface area contributed by atoms with Gasteiger partial charge in [-0.15, -0.1) is 0 Å². The van der Waals surface area contributed by atoms with Crippen molar-refractivity contribution in [2.45, 2.75) is 47.6 Å². The number of para-hydroxylation sites is 1. The Kier molecular flexibility index (Phi) is 9.25. The minimum Gasteiger partial charge on any atom is -0.468 e. The van der Waals surface area contributed by atoms with E-state index in [4.69, 9.17) is 18.9 Å². The highest BCUT2D eigenvalue weighted by atomic mass is 16.7. The number of hydrogen-bond donors (Lipinski definition) is 0. The molecule has 0 heterocycles. The van der Waals surface area contributed by atoms with Crippen molar-refractivity contribution in [1.82, 2.24) is 0 Å². The van der Waals surface area contributed by atoms with Crippen molar-refractivity contribution in [3.63, 3.8) is 0 Å². The van der Waals surface area contributed by atoms with Crippen LogP contribution in [0.3, 0.4) is 0 Å². The Morgan fingerprint density at radius 2 is 1.19 bits per heavy atom. The molecular weight excluding hydrogens is 456 g/mol. The highest BCUT2D eigenvalue weighted by Crippen LogP contribution is 2.20. The molecule has 0 amide bonds. The molecule has 3 aromatic rings. The molecule has 1 unspecified atom stereocenters. The van der Waals surface area contributed by atoms with E-state index in [1.807, 2.05) is 96.1 Å². The molecule has 0 aliphatic rings. The maximum absolute atomic E-state index is 13.1. The van der Waals surface area contributed by atoms with Crippen LogP contribution in [0.25, 0.3) is 0 Å². The van der Waals surface area contributed by atoms with Gasteiger partial charge < -0.3 is 18.9 Å². The number of rotatable bonds is 10. The number of hydrogen-bond acceptors (Lipinski definition) is 6. The highest BCUT2D eigenvalue weighted by Gasteiger charge is 2.23. The standard InChI is InChI=1S/C30H34O6/c1-19-12-21(3)27(22(4)13-19)29(31)34-17-26(16-33-18-35-25-10-8-7-9-11-25)36-30(32)28-23(5)14-20(2)15-24(28)6/h7-15,26H,16-18H2,1-6H3. The van der Waals surface area contributed by atoms with Gasteiger partial charge in [0.05, 0.1) is 17.7 Å². The Bertz CT molecular complexity index is 1170. The molecule has 36 heavy (non-hydrogen) atoms. The van der Waals surface area contributed by atoms with Gasteiger partial charge in [-0.2, -0.15) is 0 Å². The molecule has 6 heteroatoms. The first-order valence-corrected chi connectivity index (χ1v) is 11.9. The molecule has 0 fully saturated rings. The molecule has 3 rings (SSSR count). The Hall–Kier alpha value is -3.64. The number of esters is 2. The minimum atomic E-state index is -0.813. The van der Waals surface area contributed by atoms with Crippen molar-refractivity contribution in [2.24, 2.45) is 0 Å². The highest BCUT2D eigenvalue weighted by molar-refractivity contribution is 5.93. The molecule has 0 radical (unpaired) electrons. The van der Waals surface area contributed by atoms with Crippen LogP contribution in [0.5, 0.6) is 5.75 Å². The summed E-state index contributed by atoms with van der Waals surface area (Å²) in [6, 6.07) is 17.0. The van der Waals surface area contributed by atoms with Gasteiger partial charge in [-0.25, -0.2) is 9.59 Å². The summed E-state index contributed by atoms with van der Waals surface area (Å²) >= 11 is 0. The molecule has 0 saturated carbocycles. The summed E-state index contributed by atoms with van der Waals surface area (Å²) in [5, 5.41) is 0. The van der Waals surface area contributed by atoms with Crippen LogP contribution in [0.4, 0.5) is 0 Å². The van der Waals surface area contributed by atoms with Crippen LogP contribution in [-0.4, -0.2) is 38.0 Å². The van der Waals surface area contributed by atoms with Crippen LogP contribution in [0.1, 0.15) is 54.1 Å². The van der Waals surface area contributed by atoms with Gasteiger partial charge in [0.25, 0.3) is 0 Å². The topological polar surface area (TPSA) is 71.1 Å². The van der Waals surface area contributed by atoms with Crippen molar-refractivity contribution < 1.29 is 28.5 Å². The predicted molar refractivity (Wildman–Crippen MR) is 139 cm³/mol. The fourth-order valence-corrected chi connectivity index (χ4v) is 4.38. The molecule has 0 spiro atoms. The van der Waals surface area contributed by atoms with Gasteiger partial charge in [0.2, 0.25) is 0 Å². The summed E-state index contributed by atoms with van der Waals surface area (Å²) < 4.78 is 22.5. The van der Waals surface area contributed by atoms with E-state index in [1.165, 1.54) is 0 Å². The number of benzene rings is 3. The summed E-state index contributed by atoms with van der Waals surface area (Å²) in [6.07, 6.45) is -0.813. The van der Waals surface area contributed by atoms with E-state index >= 15 is 0 Å². The lowest BCUT2D eigenvalue weighted by molar-refractivity contribution is -0.0595. The molecule has 0 aliphatic carbocycles. The van der Waals surface area contributed by atoms with Crippen LogP contribution >= 0.6 is 0 Å². The Labute approximate surface area is 213 Å². The molecular formula is C30H34O6. The second-order valence-electron chi connectivity index (χ2n) is 9.12. The first kappa shape index (κ1) is 27.0. The molecule has 0 N–H and O–H groups in total. The maximum Gasteiger partial charge on any atom is 0.339 e. The van der Waals surface area contributed by atoms with Gasteiger partial charge in [-0.3, -0.25) is 0 Å². The normalized spacial score (nSPS) is 11.6. The Morgan fingerprint density at radius 1 is 0.694 bits per heavy atom. The lowest BCUT2D eigenvalue weighted by Crippen LogP contribution is -2.31. The minimum absolute atomic E-state index is 0.00166. The Morgan fingerprint density at radius 3 is 1.72 bits per heavy atom. The molecule has 190 valence electrons. The van der Waals surface area contributed by atoms with Crippen molar-refractivity contribution in [1.29, 1.82) is 0 Å². The fourth-order valence-electron chi connectivity index (χ4n) is 4.38. The monoisotopic (exact) mass is 490 g/mol. The van der Waals surface area contributed by atoms with Crippen molar-refractivity contribution >= 4 is 11.9 Å².